The number of anilines is 1. The van der Waals surface area contributed by atoms with Crippen LogP contribution in [0.4, 0.5) is 5.82 Å². The maximum atomic E-state index is 5.45. The minimum absolute atomic E-state index is 0.468. The molecule has 0 bridgehead atoms. The van der Waals surface area contributed by atoms with Gasteiger partial charge in [-0.05, 0) is 34.8 Å². The van der Waals surface area contributed by atoms with Crippen molar-refractivity contribution in [1.82, 2.24) is 10.3 Å². The Kier molecular flexibility index (Phi) is 5.81. The fraction of sp³-hybridized carbons (Fsp3) is 0.667. The van der Waals surface area contributed by atoms with Crippen LogP contribution in [-0.2, 0) is 11.3 Å². The van der Waals surface area contributed by atoms with Gasteiger partial charge >= 0.3 is 0 Å². The van der Waals surface area contributed by atoms with Crippen LogP contribution in [0.25, 0.3) is 0 Å². The van der Waals surface area contributed by atoms with Crippen LogP contribution in [-0.4, -0.2) is 37.3 Å². The number of nitrogens with zero attached hydrogens (tertiary/aromatic N) is 2. The lowest BCUT2D eigenvalue weighted by atomic mass is 10.1. The molecule has 1 aliphatic heterocycles. The highest BCUT2D eigenvalue weighted by Gasteiger charge is 2.21. The predicted molar refractivity (Wildman–Crippen MR) is 86.2 cm³/mol. The Labute approximate surface area is 130 Å². The minimum atomic E-state index is 0.468. The van der Waals surface area contributed by atoms with Gasteiger partial charge in [0.15, 0.2) is 0 Å². The summed E-state index contributed by atoms with van der Waals surface area (Å²) in [7, 11) is 2.14. The molecule has 0 atom stereocenters. The monoisotopic (exact) mass is 341 g/mol. The first kappa shape index (κ1) is 15.7. The SMILES string of the molecule is CC(C)NCc1cc(Br)cnc1N(C)C1CCOCC1. The first-order valence-electron chi connectivity index (χ1n) is 7.26. The average molecular weight is 342 g/mol. The molecular weight excluding hydrogens is 318 g/mol. The van der Waals surface area contributed by atoms with E-state index in [4.69, 9.17) is 4.74 Å². The Morgan fingerprint density at radius 1 is 1.45 bits per heavy atom. The Hall–Kier alpha value is -0.650. The molecular formula is C15H24BrN3O. The number of aromatic nitrogens is 1. The first-order valence-corrected chi connectivity index (χ1v) is 8.05. The van der Waals surface area contributed by atoms with Gasteiger partial charge in [0.25, 0.3) is 0 Å². The number of nitrogens with one attached hydrogen (secondary N) is 1. The number of hydrogen-bond donors (Lipinski definition) is 1. The van der Waals surface area contributed by atoms with Gasteiger partial charge in [0.2, 0.25) is 0 Å². The molecule has 2 rings (SSSR count). The van der Waals surface area contributed by atoms with Crippen molar-refractivity contribution >= 4 is 21.7 Å². The molecule has 0 amide bonds. The normalized spacial score (nSPS) is 16.6. The molecule has 1 aromatic rings. The van der Waals surface area contributed by atoms with E-state index >= 15 is 0 Å². The highest BCUT2D eigenvalue weighted by atomic mass is 79.9. The summed E-state index contributed by atoms with van der Waals surface area (Å²) in [6, 6.07) is 3.15. The van der Waals surface area contributed by atoms with Crippen molar-refractivity contribution < 1.29 is 4.74 Å². The van der Waals surface area contributed by atoms with Crippen molar-refractivity contribution in [2.75, 3.05) is 25.2 Å². The topological polar surface area (TPSA) is 37.4 Å². The summed E-state index contributed by atoms with van der Waals surface area (Å²) >= 11 is 3.52. The van der Waals surface area contributed by atoms with Crippen molar-refractivity contribution in [3.63, 3.8) is 0 Å². The Morgan fingerprint density at radius 2 is 2.15 bits per heavy atom. The van der Waals surface area contributed by atoms with Crippen molar-refractivity contribution in [1.29, 1.82) is 0 Å². The van der Waals surface area contributed by atoms with Gasteiger partial charge in [0.1, 0.15) is 5.82 Å². The third kappa shape index (κ3) is 4.17. The molecule has 20 heavy (non-hydrogen) atoms. The van der Waals surface area contributed by atoms with Crippen LogP contribution in [0.2, 0.25) is 0 Å². The van der Waals surface area contributed by atoms with Crippen LogP contribution in [0, 0.1) is 0 Å². The second kappa shape index (κ2) is 7.38. The summed E-state index contributed by atoms with van der Waals surface area (Å²) in [6.45, 7) is 6.86. The van der Waals surface area contributed by atoms with Crippen LogP contribution < -0.4 is 10.2 Å². The van der Waals surface area contributed by atoms with Crippen molar-refractivity contribution in [2.45, 2.75) is 45.3 Å². The van der Waals surface area contributed by atoms with E-state index in [-0.39, 0.29) is 0 Å². The second-order valence-corrected chi connectivity index (χ2v) is 6.54. The van der Waals surface area contributed by atoms with Crippen molar-refractivity contribution in [3.05, 3.63) is 22.3 Å². The molecule has 1 N–H and O–H groups in total. The van der Waals surface area contributed by atoms with Gasteiger partial charge in [-0.1, -0.05) is 13.8 Å². The lowest BCUT2D eigenvalue weighted by Crippen LogP contribution is -2.38. The van der Waals surface area contributed by atoms with E-state index in [1.165, 1.54) is 5.56 Å². The molecule has 0 saturated carbocycles. The summed E-state index contributed by atoms with van der Waals surface area (Å²) in [4.78, 5) is 6.94. The highest BCUT2D eigenvalue weighted by molar-refractivity contribution is 9.10. The third-order valence-corrected chi connectivity index (χ3v) is 4.12. The zero-order valence-electron chi connectivity index (χ0n) is 12.5. The zero-order valence-corrected chi connectivity index (χ0v) is 14.1. The molecule has 0 spiro atoms. The Balaban J connectivity index is 2.15. The Morgan fingerprint density at radius 3 is 2.80 bits per heavy atom. The van der Waals surface area contributed by atoms with Crippen LogP contribution in [0.1, 0.15) is 32.3 Å². The lowest BCUT2D eigenvalue weighted by Gasteiger charge is -2.33. The maximum Gasteiger partial charge on any atom is 0.133 e. The first-order chi connectivity index (χ1) is 9.58. The molecule has 1 aliphatic rings. The molecule has 1 saturated heterocycles. The fourth-order valence-corrected chi connectivity index (χ4v) is 2.86. The van der Waals surface area contributed by atoms with E-state index in [2.05, 4.69) is 58.1 Å². The van der Waals surface area contributed by atoms with E-state index in [0.717, 1.165) is 42.9 Å². The summed E-state index contributed by atoms with van der Waals surface area (Å²) < 4.78 is 6.48. The van der Waals surface area contributed by atoms with Gasteiger partial charge in [-0.3, -0.25) is 0 Å². The van der Waals surface area contributed by atoms with Crippen molar-refractivity contribution in [2.24, 2.45) is 0 Å². The minimum Gasteiger partial charge on any atom is -0.381 e. The number of ether oxygens (including phenoxy) is 1. The van der Waals surface area contributed by atoms with Gasteiger partial charge in [-0.25, -0.2) is 4.98 Å². The number of rotatable bonds is 5. The van der Waals surface area contributed by atoms with Gasteiger partial charge < -0.3 is 15.0 Å². The van der Waals surface area contributed by atoms with Crippen LogP contribution in [0.15, 0.2) is 16.7 Å². The molecule has 0 unspecified atom stereocenters. The largest absolute Gasteiger partial charge is 0.381 e. The van der Waals surface area contributed by atoms with Gasteiger partial charge in [0.05, 0.1) is 0 Å². The molecule has 1 fully saturated rings. The van der Waals surface area contributed by atoms with E-state index < -0.39 is 0 Å². The van der Waals surface area contributed by atoms with Crippen molar-refractivity contribution in [3.8, 4) is 0 Å². The smallest absolute Gasteiger partial charge is 0.133 e. The second-order valence-electron chi connectivity index (χ2n) is 5.63. The van der Waals surface area contributed by atoms with Crippen LogP contribution in [0.3, 0.4) is 0 Å². The van der Waals surface area contributed by atoms with Gasteiger partial charge in [-0.15, -0.1) is 0 Å². The number of pyridine rings is 1. The summed E-state index contributed by atoms with van der Waals surface area (Å²) in [5.41, 5.74) is 1.24. The standard InChI is InChI=1S/C15H24BrN3O/c1-11(2)17-9-12-8-13(16)10-18-15(12)19(3)14-4-6-20-7-5-14/h8,10-11,14,17H,4-7,9H2,1-3H3. The number of hydrogen-bond acceptors (Lipinski definition) is 4. The number of halogens is 1. The van der Waals surface area contributed by atoms with Crippen LogP contribution in [0.5, 0.6) is 0 Å². The molecule has 5 heteroatoms. The molecule has 2 heterocycles. The predicted octanol–water partition coefficient (Wildman–Crippen LogP) is 2.96. The van der Waals surface area contributed by atoms with E-state index in [0.29, 0.717) is 12.1 Å². The van der Waals surface area contributed by atoms with Crippen LogP contribution >= 0.6 is 15.9 Å². The average Bonchev–Trinajstić information content (AvgIpc) is 2.45. The summed E-state index contributed by atoms with van der Waals surface area (Å²) in [6.07, 6.45) is 4.03. The molecule has 4 nitrogen and oxygen atoms in total. The Bertz CT molecular complexity index is 433. The fourth-order valence-electron chi connectivity index (χ4n) is 2.48. The zero-order chi connectivity index (χ0) is 14.5. The quantitative estimate of drug-likeness (QED) is 0.893. The molecule has 0 aromatic carbocycles. The lowest BCUT2D eigenvalue weighted by molar-refractivity contribution is 0.0853. The third-order valence-electron chi connectivity index (χ3n) is 3.68. The van der Waals surface area contributed by atoms with Gasteiger partial charge in [-0.2, -0.15) is 0 Å². The van der Waals surface area contributed by atoms with E-state index in [9.17, 15) is 0 Å². The molecule has 0 aliphatic carbocycles. The van der Waals surface area contributed by atoms with E-state index in [1.54, 1.807) is 0 Å². The molecule has 1 aromatic heterocycles. The van der Waals surface area contributed by atoms with E-state index in [1.807, 2.05) is 6.20 Å². The maximum absolute atomic E-state index is 5.45. The molecule has 112 valence electrons. The highest BCUT2D eigenvalue weighted by Crippen LogP contribution is 2.25. The summed E-state index contributed by atoms with van der Waals surface area (Å²) in [5, 5.41) is 3.47. The summed E-state index contributed by atoms with van der Waals surface area (Å²) in [5.74, 6) is 1.08. The van der Waals surface area contributed by atoms with Gasteiger partial charge in [0, 0.05) is 55.1 Å². The molecule has 0 radical (unpaired) electrons.